The number of rotatable bonds is 2. The fraction of sp³-hybridized carbons (Fsp3) is 0.250. The molecule has 0 saturated heterocycles. The minimum Gasteiger partial charge on any atom is -0.207 e. The van der Waals surface area contributed by atoms with Gasteiger partial charge >= 0.3 is 0 Å². The van der Waals surface area contributed by atoms with E-state index in [1.165, 1.54) is 18.2 Å². The summed E-state index contributed by atoms with van der Waals surface area (Å²) in [5.41, 5.74) is 4.01. The summed E-state index contributed by atoms with van der Waals surface area (Å²) in [6.45, 7) is 5.53. The second-order valence-electron chi connectivity index (χ2n) is 4.84. The summed E-state index contributed by atoms with van der Waals surface area (Å²) in [5, 5.41) is 0. The van der Waals surface area contributed by atoms with Crippen LogP contribution < -0.4 is 0 Å². The van der Waals surface area contributed by atoms with Gasteiger partial charge < -0.3 is 0 Å². The van der Waals surface area contributed by atoms with E-state index in [1.54, 1.807) is 6.07 Å². The first-order valence-corrected chi connectivity index (χ1v) is 6.98. The van der Waals surface area contributed by atoms with Gasteiger partial charge in [-0.1, -0.05) is 28.1 Å². The van der Waals surface area contributed by atoms with Gasteiger partial charge in [0, 0.05) is 5.56 Å². The fourth-order valence-corrected chi connectivity index (χ4v) is 3.41. The van der Waals surface area contributed by atoms with Crippen molar-refractivity contribution in [3.8, 4) is 0 Å². The lowest BCUT2D eigenvalue weighted by Gasteiger charge is -2.17. The average Bonchev–Trinajstić information content (AvgIpc) is 2.26. The Hall–Kier alpha value is -1.22. The molecule has 0 spiro atoms. The largest absolute Gasteiger partial charge is 0.207 e. The number of aryl methyl sites for hydroxylation is 3. The van der Waals surface area contributed by atoms with Gasteiger partial charge in [0.15, 0.2) is 0 Å². The molecule has 100 valence electrons. The lowest BCUT2D eigenvalue weighted by Crippen LogP contribution is -2.02. The zero-order valence-electron chi connectivity index (χ0n) is 11.1. The molecule has 0 N–H and O–H groups in total. The molecule has 0 amide bonds. The Morgan fingerprint density at radius 1 is 0.947 bits per heavy atom. The van der Waals surface area contributed by atoms with Gasteiger partial charge in [-0.2, -0.15) is 0 Å². The first-order chi connectivity index (χ1) is 8.90. The maximum Gasteiger partial charge on any atom is 0.128 e. The van der Waals surface area contributed by atoms with E-state index in [2.05, 4.69) is 15.9 Å². The normalized spacial score (nSPS) is 12.5. The van der Waals surface area contributed by atoms with E-state index in [0.29, 0.717) is 5.56 Å². The van der Waals surface area contributed by atoms with Crippen LogP contribution in [-0.4, -0.2) is 0 Å². The van der Waals surface area contributed by atoms with Gasteiger partial charge in [0.2, 0.25) is 0 Å². The van der Waals surface area contributed by atoms with E-state index in [-0.39, 0.29) is 16.5 Å². The summed E-state index contributed by atoms with van der Waals surface area (Å²) in [7, 11) is 0. The molecule has 2 rings (SSSR count). The molecule has 3 heteroatoms. The summed E-state index contributed by atoms with van der Waals surface area (Å²) in [6, 6.07) is 8.11. The van der Waals surface area contributed by atoms with Crippen LogP contribution in [0.5, 0.6) is 0 Å². The molecule has 0 heterocycles. The highest BCUT2D eigenvalue weighted by Crippen LogP contribution is 2.36. The average molecular weight is 325 g/mol. The zero-order valence-corrected chi connectivity index (χ0v) is 12.7. The van der Waals surface area contributed by atoms with Crippen molar-refractivity contribution in [1.82, 2.24) is 0 Å². The van der Waals surface area contributed by atoms with Crippen LogP contribution in [0.4, 0.5) is 8.78 Å². The minimum absolute atomic E-state index is 0.245. The summed E-state index contributed by atoms with van der Waals surface area (Å²) in [6.07, 6.45) is 0. The molecule has 0 fully saturated rings. The second-order valence-corrected chi connectivity index (χ2v) is 5.76. The van der Waals surface area contributed by atoms with Crippen LogP contribution in [-0.2, 0) is 0 Å². The molecule has 0 bridgehead atoms. The van der Waals surface area contributed by atoms with Gasteiger partial charge in [-0.25, -0.2) is 8.78 Å². The molecule has 2 aromatic rings. The van der Waals surface area contributed by atoms with Gasteiger partial charge in [-0.3, -0.25) is 0 Å². The second kappa shape index (κ2) is 5.41. The zero-order chi connectivity index (χ0) is 14.2. The molecule has 0 aliphatic rings. The van der Waals surface area contributed by atoms with Gasteiger partial charge in [-0.05, 0) is 61.2 Å². The third kappa shape index (κ3) is 2.86. The van der Waals surface area contributed by atoms with Crippen LogP contribution in [0, 0.1) is 32.4 Å². The first kappa shape index (κ1) is 14.2. The van der Waals surface area contributed by atoms with Crippen molar-refractivity contribution in [2.45, 2.75) is 25.6 Å². The SMILES string of the molecule is Cc1ccc(C(Br)c2c(C)cc(F)cc2C)c(F)c1. The number of hydrogen-bond acceptors (Lipinski definition) is 0. The van der Waals surface area contributed by atoms with Crippen LogP contribution in [0.25, 0.3) is 0 Å². The van der Waals surface area contributed by atoms with Crippen molar-refractivity contribution < 1.29 is 8.78 Å². The number of benzene rings is 2. The third-order valence-electron chi connectivity index (χ3n) is 3.24. The summed E-state index contributed by atoms with van der Waals surface area (Å²) < 4.78 is 27.3. The molecule has 0 aliphatic carbocycles. The topological polar surface area (TPSA) is 0 Å². The van der Waals surface area contributed by atoms with Gasteiger partial charge in [0.1, 0.15) is 11.6 Å². The highest BCUT2D eigenvalue weighted by Gasteiger charge is 2.19. The maximum atomic E-state index is 14.0. The van der Waals surface area contributed by atoms with Crippen LogP contribution >= 0.6 is 15.9 Å². The molecule has 1 atom stereocenters. The van der Waals surface area contributed by atoms with E-state index in [0.717, 1.165) is 22.3 Å². The molecular weight excluding hydrogens is 310 g/mol. The molecule has 0 aliphatic heterocycles. The Morgan fingerprint density at radius 3 is 2.05 bits per heavy atom. The van der Waals surface area contributed by atoms with Crippen molar-refractivity contribution >= 4 is 15.9 Å². The molecule has 0 radical (unpaired) electrons. The van der Waals surface area contributed by atoms with Gasteiger partial charge in [-0.15, -0.1) is 0 Å². The summed E-state index contributed by atoms with van der Waals surface area (Å²) >= 11 is 3.53. The van der Waals surface area contributed by atoms with E-state index in [1.807, 2.05) is 26.8 Å². The third-order valence-corrected chi connectivity index (χ3v) is 4.19. The quantitative estimate of drug-likeness (QED) is 0.651. The molecule has 0 aromatic heterocycles. The first-order valence-electron chi connectivity index (χ1n) is 6.07. The Balaban J connectivity index is 2.53. The molecule has 0 nitrogen and oxygen atoms in total. The van der Waals surface area contributed by atoms with E-state index < -0.39 is 0 Å². The Bertz CT molecular complexity index is 597. The summed E-state index contributed by atoms with van der Waals surface area (Å²) in [5.74, 6) is -0.507. The highest BCUT2D eigenvalue weighted by molar-refractivity contribution is 9.09. The minimum atomic E-state index is -0.270. The van der Waals surface area contributed by atoms with Crippen molar-refractivity contribution in [2.24, 2.45) is 0 Å². The Kier molecular flexibility index (Phi) is 4.04. The highest BCUT2D eigenvalue weighted by atomic mass is 79.9. The fourth-order valence-electron chi connectivity index (χ4n) is 2.31. The molecule has 19 heavy (non-hydrogen) atoms. The lowest BCUT2D eigenvalue weighted by atomic mass is 9.95. The number of hydrogen-bond donors (Lipinski definition) is 0. The van der Waals surface area contributed by atoms with Crippen LogP contribution in [0.1, 0.15) is 32.6 Å². The smallest absolute Gasteiger partial charge is 0.128 e. The van der Waals surface area contributed by atoms with Gasteiger partial charge in [0.25, 0.3) is 0 Å². The van der Waals surface area contributed by atoms with Crippen LogP contribution in [0.2, 0.25) is 0 Å². The van der Waals surface area contributed by atoms with Crippen molar-refractivity contribution in [1.29, 1.82) is 0 Å². The molecule has 1 unspecified atom stereocenters. The van der Waals surface area contributed by atoms with Crippen molar-refractivity contribution in [3.05, 3.63) is 69.8 Å². The summed E-state index contributed by atoms with van der Waals surface area (Å²) in [4.78, 5) is -0.270. The monoisotopic (exact) mass is 324 g/mol. The molecule has 2 aromatic carbocycles. The van der Waals surface area contributed by atoms with Gasteiger partial charge in [0.05, 0.1) is 4.83 Å². The predicted octanol–water partition coefficient (Wildman–Crippen LogP) is 5.37. The van der Waals surface area contributed by atoms with E-state index in [9.17, 15) is 8.78 Å². The Labute approximate surface area is 120 Å². The standard InChI is InChI=1S/C16H15BrF2/c1-9-4-5-13(14(19)6-9)16(17)15-10(2)7-12(18)8-11(15)3/h4-8,16H,1-3H3. The number of halogens is 3. The van der Waals surface area contributed by atoms with E-state index >= 15 is 0 Å². The van der Waals surface area contributed by atoms with Crippen molar-refractivity contribution in [2.75, 3.05) is 0 Å². The van der Waals surface area contributed by atoms with E-state index in [4.69, 9.17) is 0 Å². The molecule has 0 saturated carbocycles. The molecular formula is C16H15BrF2. The Morgan fingerprint density at radius 2 is 1.53 bits per heavy atom. The van der Waals surface area contributed by atoms with Crippen LogP contribution in [0.15, 0.2) is 30.3 Å². The maximum absolute atomic E-state index is 14.0. The lowest BCUT2D eigenvalue weighted by molar-refractivity contribution is 0.611. The van der Waals surface area contributed by atoms with Crippen molar-refractivity contribution in [3.63, 3.8) is 0 Å². The predicted molar refractivity (Wildman–Crippen MR) is 77.8 cm³/mol. The number of alkyl halides is 1. The van der Waals surface area contributed by atoms with Crippen LogP contribution in [0.3, 0.4) is 0 Å².